The van der Waals surface area contributed by atoms with Gasteiger partial charge in [-0.3, -0.25) is 4.90 Å². The summed E-state index contributed by atoms with van der Waals surface area (Å²) in [7, 11) is 0. The predicted molar refractivity (Wildman–Crippen MR) is 99.8 cm³/mol. The lowest BCUT2D eigenvalue weighted by Gasteiger charge is -2.33. The number of hydrogen-bond donors (Lipinski definition) is 10. The van der Waals surface area contributed by atoms with Crippen molar-refractivity contribution in [2.45, 2.75) is 68.8 Å². The van der Waals surface area contributed by atoms with E-state index in [1.807, 2.05) is 0 Å². The van der Waals surface area contributed by atoms with Crippen molar-refractivity contribution in [1.29, 1.82) is 0 Å². The second-order valence-corrected chi connectivity index (χ2v) is 7.28. The smallest absolute Gasteiger partial charge is 0.111 e. The Balaban J connectivity index is 5.04. The fraction of sp³-hybridized carbons (Fsp3) is 1.00. The van der Waals surface area contributed by atoms with E-state index in [1.165, 1.54) is 4.90 Å². The van der Waals surface area contributed by atoms with Gasteiger partial charge in [-0.25, -0.2) is 0 Å². The van der Waals surface area contributed by atoms with Crippen LogP contribution in [0.5, 0.6) is 0 Å². The third kappa shape index (κ3) is 10.4. The Morgan fingerprint density at radius 1 is 0.621 bits per heavy atom. The Bertz CT molecular complexity index is 387. The lowest BCUT2D eigenvalue weighted by atomic mass is 10.0. The minimum absolute atomic E-state index is 0.106. The fourth-order valence-corrected chi connectivity index (χ4v) is 2.55. The zero-order chi connectivity index (χ0) is 22.7. The van der Waals surface area contributed by atoms with Crippen molar-refractivity contribution >= 4 is 0 Å². The Morgan fingerprint density at radius 2 is 0.966 bits per heavy atom. The first kappa shape index (κ1) is 28.5. The van der Waals surface area contributed by atoms with Gasteiger partial charge in [0, 0.05) is 19.6 Å². The molecular formula is C17H37NO11. The molecule has 176 valence electrons. The highest BCUT2D eigenvalue weighted by molar-refractivity contribution is 4.86. The summed E-state index contributed by atoms with van der Waals surface area (Å²) in [5.41, 5.74) is 0. The topological polar surface area (TPSA) is 215 Å². The lowest BCUT2D eigenvalue weighted by molar-refractivity contribution is -0.131. The summed E-state index contributed by atoms with van der Waals surface area (Å²) in [6, 6.07) is 0. The van der Waals surface area contributed by atoms with Crippen LogP contribution >= 0.6 is 0 Å². The zero-order valence-electron chi connectivity index (χ0n) is 16.8. The highest BCUT2D eigenvalue weighted by atomic mass is 16.5. The van der Waals surface area contributed by atoms with E-state index in [-0.39, 0.29) is 32.3 Å². The first-order chi connectivity index (χ1) is 13.5. The van der Waals surface area contributed by atoms with Gasteiger partial charge in [-0.2, -0.15) is 0 Å². The van der Waals surface area contributed by atoms with Gasteiger partial charge in [-0.15, -0.1) is 0 Å². The Morgan fingerprint density at radius 3 is 1.28 bits per heavy atom. The van der Waals surface area contributed by atoms with Crippen LogP contribution in [0.2, 0.25) is 0 Å². The molecule has 10 N–H and O–H groups in total. The molecule has 12 heteroatoms. The van der Waals surface area contributed by atoms with Crippen LogP contribution in [0.25, 0.3) is 0 Å². The number of aliphatic hydroxyl groups excluding tert-OH is 10. The second-order valence-electron chi connectivity index (χ2n) is 7.28. The van der Waals surface area contributed by atoms with Crippen molar-refractivity contribution in [3.8, 4) is 0 Å². The SMILES string of the molecule is CC(C)OCCN(C[C@@H](O)[C@H](O)[C@@H](O)[C@@H](O)CO)C[C@@H](O)[C@H](O)[C@@H](O)[C@@H](O)CO. The van der Waals surface area contributed by atoms with Crippen LogP contribution in [0.15, 0.2) is 0 Å². The molecular weight excluding hydrogens is 394 g/mol. The van der Waals surface area contributed by atoms with E-state index >= 15 is 0 Å². The first-order valence-electron chi connectivity index (χ1n) is 9.46. The maximum atomic E-state index is 10.1. The molecule has 0 fully saturated rings. The Kier molecular flexibility index (Phi) is 14.3. The highest BCUT2D eigenvalue weighted by Crippen LogP contribution is 2.11. The summed E-state index contributed by atoms with van der Waals surface area (Å²) in [6.45, 7) is 1.58. The van der Waals surface area contributed by atoms with Gasteiger partial charge >= 0.3 is 0 Å². The molecule has 0 aliphatic rings. The molecule has 0 saturated heterocycles. The molecule has 0 amide bonds. The maximum Gasteiger partial charge on any atom is 0.111 e. The lowest BCUT2D eigenvalue weighted by Crippen LogP contribution is -2.53. The van der Waals surface area contributed by atoms with Gasteiger partial charge in [0.25, 0.3) is 0 Å². The standard InChI is InChI=1S/C17H37NO11/c1-9(2)29-4-3-18(5-10(21)14(25)16(27)12(23)7-19)6-11(22)15(26)17(28)13(24)8-20/h9-17,19-28H,3-8H2,1-2H3/t10-,11-,12+,13+,14+,15+,16+,17+/m1/s1. The van der Waals surface area contributed by atoms with Crippen molar-refractivity contribution in [2.75, 3.05) is 39.5 Å². The molecule has 0 aromatic carbocycles. The van der Waals surface area contributed by atoms with E-state index in [1.54, 1.807) is 13.8 Å². The molecule has 0 radical (unpaired) electrons. The zero-order valence-corrected chi connectivity index (χ0v) is 16.8. The van der Waals surface area contributed by atoms with Crippen molar-refractivity contribution in [2.24, 2.45) is 0 Å². The first-order valence-corrected chi connectivity index (χ1v) is 9.46. The van der Waals surface area contributed by atoms with E-state index in [9.17, 15) is 40.9 Å². The largest absolute Gasteiger partial charge is 0.394 e. The molecule has 0 aliphatic carbocycles. The van der Waals surface area contributed by atoms with E-state index in [0.29, 0.717) is 0 Å². The summed E-state index contributed by atoms with van der Waals surface area (Å²) >= 11 is 0. The average Bonchev–Trinajstić information content (AvgIpc) is 2.69. The number of aliphatic hydroxyl groups is 10. The molecule has 0 aromatic rings. The highest BCUT2D eigenvalue weighted by Gasteiger charge is 2.34. The molecule has 0 aromatic heterocycles. The molecule has 0 unspecified atom stereocenters. The molecule has 0 spiro atoms. The van der Waals surface area contributed by atoms with Crippen molar-refractivity contribution < 1.29 is 55.8 Å². The van der Waals surface area contributed by atoms with Gasteiger partial charge in [-0.05, 0) is 13.8 Å². The molecule has 0 bridgehead atoms. The maximum absolute atomic E-state index is 10.1. The van der Waals surface area contributed by atoms with Crippen molar-refractivity contribution in [3.05, 3.63) is 0 Å². The van der Waals surface area contributed by atoms with Crippen LogP contribution < -0.4 is 0 Å². The molecule has 0 saturated carbocycles. The normalized spacial score (nSPS) is 20.9. The predicted octanol–water partition coefficient (Wildman–Crippen LogP) is -5.41. The van der Waals surface area contributed by atoms with Crippen LogP contribution in [0.3, 0.4) is 0 Å². The molecule has 0 aliphatic heterocycles. The summed E-state index contributed by atoms with van der Waals surface area (Å²) in [4.78, 5) is 1.38. The van der Waals surface area contributed by atoms with E-state index in [4.69, 9.17) is 14.9 Å². The molecule has 29 heavy (non-hydrogen) atoms. The van der Waals surface area contributed by atoms with Crippen LogP contribution in [0, 0.1) is 0 Å². The third-order valence-electron chi connectivity index (χ3n) is 4.40. The third-order valence-corrected chi connectivity index (χ3v) is 4.40. The Hall–Kier alpha value is -0.480. The van der Waals surface area contributed by atoms with Crippen molar-refractivity contribution in [3.63, 3.8) is 0 Å². The van der Waals surface area contributed by atoms with Gasteiger partial charge < -0.3 is 55.8 Å². The molecule has 0 heterocycles. The van der Waals surface area contributed by atoms with Gasteiger partial charge in [-0.1, -0.05) is 0 Å². The molecule has 8 atom stereocenters. The van der Waals surface area contributed by atoms with Crippen LogP contribution in [0.4, 0.5) is 0 Å². The number of ether oxygens (including phenoxy) is 1. The van der Waals surface area contributed by atoms with Crippen molar-refractivity contribution in [1.82, 2.24) is 4.90 Å². The van der Waals surface area contributed by atoms with E-state index in [2.05, 4.69) is 0 Å². The quantitative estimate of drug-likeness (QED) is 0.111. The fourth-order valence-electron chi connectivity index (χ4n) is 2.55. The number of hydrogen-bond acceptors (Lipinski definition) is 12. The minimum Gasteiger partial charge on any atom is -0.394 e. The summed E-state index contributed by atoms with van der Waals surface area (Å²) in [5.74, 6) is 0. The summed E-state index contributed by atoms with van der Waals surface area (Å²) in [6.07, 6.45) is -13.9. The average molecular weight is 431 g/mol. The Labute approximate surface area is 169 Å². The summed E-state index contributed by atoms with van der Waals surface area (Å²) in [5, 5.41) is 96.0. The molecule has 0 rings (SSSR count). The monoisotopic (exact) mass is 431 g/mol. The number of nitrogens with zero attached hydrogens (tertiary/aromatic N) is 1. The van der Waals surface area contributed by atoms with Gasteiger partial charge in [0.15, 0.2) is 0 Å². The van der Waals surface area contributed by atoms with Crippen LogP contribution in [-0.2, 0) is 4.74 Å². The molecule has 12 nitrogen and oxygen atoms in total. The van der Waals surface area contributed by atoms with Gasteiger partial charge in [0.2, 0.25) is 0 Å². The van der Waals surface area contributed by atoms with E-state index in [0.717, 1.165) is 0 Å². The minimum atomic E-state index is -1.82. The van der Waals surface area contributed by atoms with E-state index < -0.39 is 62.0 Å². The van der Waals surface area contributed by atoms with Crippen LogP contribution in [0.1, 0.15) is 13.8 Å². The summed E-state index contributed by atoms with van der Waals surface area (Å²) < 4.78 is 5.39. The van der Waals surface area contributed by atoms with Gasteiger partial charge in [0.1, 0.15) is 36.6 Å². The van der Waals surface area contributed by atoms with Gasteiger partial charge in [0.05, 0.1) is 38.1 Å². The number of rotatable bonds is 16. The second kappa shape index (κ2) is 14.5. The van der Waals surface area contributed by atoms with Crippen LogP contribution in [-0.4, -0.2) is 150 Å².